The van der Waals surface area contributed by atoms with E-state index in [1.807, 2.05) is 31.2 Å². The van der Waals surface area contributed by atoms with Crippen LogP contribution in [0.3, 0.4) is 0 Å². The maximum atomic E-state index is 9.43. The number of fused-ring (bicyclic) bond motifs is 1. The average molecular weight is 245 g/mol. The van der Waals surface area contributed by atoms with Crippen molar-refractivity contribution in [1.82, 2.24) is 4.98 Å². The molecule has 2 rings (SSSR count). The van der Waals surface area contributed by atoms with Crippen molar-refractivity contribution in [2.75, 3.05) is 0 Å². The van der Waals surface area contributed by atoms with Gasteiger partial charge in [0, 0.05) is 69.3 Å². The predicted octanol–water partition coefficient (Wildman–Crippen LogP) is 1.87. The van der Waals surface area contributed by atoms with E-state index in [1.165, 1.54) is 0 Å². The van der Waals surface area contributed by atoms with E-state index in [0.29, 0.717) is 5.52 Å². The van der Waals surface area contributed by atoms with Crippen LogP contribution in [0.5, 0.6) is 5.75 Å². The summed E-state index contributed by atoms with van der Waals surface area (Å²) in [4.78, 5) is 4.23. The maximum absolute atomic E-state index is 9.43. The van der Waals surface area contributed by atoms with Crippen LogP contribution in [0.1, 0.15) is 5.69 Å². The summed E-state index contributed by atoms with van der Waals surface area (Å²) in [5, 5.41) is 10.4. The maximum Gasteiger partial charge on any atom is 0.141 e. The molecule has 0 aliphatic carbocycles. The summed E-state index contributed by atoms with van der Waals surface area (Å²) in [6.07, 6.45) is 0. The minimum absolute atomic E-state index is 0. The quantitative estimate of drug-likeness (QED) is 0.768. The second-order valence-corrected chi connectivity index (χ2v) is 2.80. The number of hydrogen-bond acceptors (Lipinski definition) is 2. The van der Waals surface area contributed by atoms with Crippen LogP contribution in [0.4, 0.5) is 0 Å². The molecule has 0 aliphatic heterocycles. The van der Waals surface area contributed by atoms with Crippen LogP contribution in [-0.4, -0.2) is 68.3 Å². The summed E-state index contributed by atoms with van der Waals surface area (Å²) in [7, 11) is 0. The molecular weight excluding hydrogens is 236 g/mol. The van der Waals surface area contributed by atoms with Crippen LogP contribution in [0.25, 0.3) is 10.9 Å². The molecule has 0 saturated carbocycles. The molecule has 2 nitrogen and oxygen atoms in total. The average Bonchev–Trinajstić information content (AvgIpc) is 2.07. The van der Waals surface area contributed by atoms with Crippen LogP contribution >= 0.6 is 0 Å². The van der Waals surface area contributed by atoms with Gasteiger partial charge in [0.1, 0.15) is 11.3 Å². The van der Waals surface area contributed by atoms with Crippen molar-refractivity contribution in [3.05, 3.63) is 36.0 Å². The van der Waals surface area contributed by atoms with Gasteiger partial charge in [-0.25, -0.2) is 4.98 Å². The number of aryl methyl sites for hydroxylation is 1. The Hall–Kier alpha value is 0.235. The summed E-state index contributed by atoms with van der Waals surface area (Å²) in [5.41, 5.74) is 1.60. The molecule has 0 fully saturated rings. The molecule has 1 aromatic carbocycles. The van der Waals surface area contributed by atoms with Crippen LogP contribution in [0.2, 0.25) is 0 Å². The van der Waals surface area contributed by atoms with Gasteiger partial charge >= 0.3 is 0 Å². The van der Waals surface area contributed by atoms with E-state index in [-0.39, 0.29) is 63.9 Å². The van der Waals surface area contributed by atoms with Gasteiger partial charge in [0.2, 0.25) is 0 Å². The van der Waals surface area contributed by atoms with Crippen molar-refractivity contribution in [2.45, 2.75) is 6.92 Å². The monoisotopic (exact) mass is 244 g/mol. The van der Waals surface area contributed by atoms with Gasteiger partial charge in [-0.05, 0) is 19.1 Å². The Morgan fingerprint density at radius 1 is 1.15 bits per heavy atom. The molecule has 1 radical (unpaired) electrons. The molecule has 1 heterocycles. The van der Waals surface area contributed by atoms with Crippen LogP contribution in [-0.2, 0) is 0 Å². The van der Waals surface area contributed by atoms with E-state index in [2.05, 4.69) is 4.98 Å². The smallest absolute Gasteiger partial charge is 0.141 e. The van der Waals surface area contributed by atoms with Gasteiger partial charge in [-0.3, -0.25) is 0 Å². The summed E-state index contributed by atoms with van der Waals surface area (Å²) in [5.74, 6) is 0.246. The van der Waals surface area contributed by atoms with Gasteiger partial charge in [-0.2, -0.15) is 0 Å². The van der Waals surface area contributed by atoms with E-state index in [0.717, 1.165) is 11.1 Å². The number of phenols is 1. The third-order valence-electron chi connectivity index (χ3n) is 1.84. The Morgan fingerprint density at radius 3 is 2.69 bits per heavy atom. The SMILES string of the molecule is Cc1ccc2cccc(O)c2n1.[Rb]. The molecule has 2 aromatic rings. The Bertz CT molecular complexity index is 428. The van der Waals surface area contributed by atoms with Gasteiger partial charge in [0.05, 0.1) is 0 Å². The number of pyridine rings is 1. The van der Waals surface area contributed by atoms with Crippen molar-refractivity contribution >= 4 is 69.1 Å². The van der Waals surface area contributed by atoms with E-state index < -0.39 is 0 Å². The van der Waals surface area contributed by atoms with Gasteiger partial charge in [0.25, 0.3) is 0 Å². The molecule has 0 aliphatic rings. The Labute approximate surface area is 126 Å². The zero-order valence-corrected chi connectivity index (χ0v) is 12.7. The van der Waals surface area contributed by atoms with Crippen molar-refractivity contribution in [2.24, 2.45) is 0 Å². The molecule has 0 unspecified atom stereocenters. The molecule has 13 heavy (non-hydrogen) atoms. The number of hydrogen-bond donors (Lipinski definition) is 1. The summed E-state index contributed by atoms with van der Waals surface area (Å²) < 4.78 is 0. The standard InChI is InChI=1S/C10H9NO.Rb/c1-7-5-6-8-3-2-4-9(12)10(8)11-7;/h2-6,12H,1H3;. The fourth-order valence-electron chi connectivity index (χ4n) is 1.23. The van der Waals surface area contributed by atoms with E-state index in [4.69, 9.17) is 0 Å². The molecule has 0 saturated heterocycles. The largest absolute Gasteiger partial charge is 0.506 e. The van der Waals surface area contributed by atoms with Crippen molar-refractivity contribution in [1.29, 1.82) is 0 Å². The van der Waals surface area contributed by atoms with Crippen LogP contribution in [0, 0.1) is 6.92 Å². The fourth-order valence-corrected chi connectivity index (χ4v) is 1.23. The third-order valence-corrected chi connectivity index (χ3v) is 1.84. The van der Waals surface area contributed by atoms with E-state index in [1.54, 1.807) is 6.07 Å². The Kier molecular flexibility index (Phi) is 4.04. The number of aromatic hydroxyl groups is 1. The minimum Gasteiger partial charge on any atom is -0.506 e. The number of aromatic nitrogens is 1. The first-order chi connectivity index (χ1) is 5.77. The second-order valence-electron chi connectivity index (χ2n) is 2.80. The normalized spacial score (nSPS) is 9.62. The number of nitrogens with zero attached hydrogens (tertiary/aromatic N) is 1. The summed E-state index contributed by atoms with van der Waals surface area (Å²) >= 11 is 0. The van der Waals surface area contributed by atoms with Gasteiger partial charge < -0.3 is 5.11 Å². The number of para-hydroxylation sites is 1. The molecule has 0 amide bonds. The molecule has 1 N–H and O–H groups in total. The number of phenolic OH excluding ortho intramolecular Hbond substituents is 1. The summed E-state index contributed by atoms with van der Waals surface area (Å²) in [6.45, 7) is 1.91. The molecule has 3 heteroatoms. The number of benzene rings is 1. The Balaban J connectivity index is 0.000000845. The van der Waals surface area contributed by atoms with Gasteiger partial charge in [0.15, 0.2) is 0 Å². The van der Waals surface area contributed by atoms with Gasteiger partial charge in [-0.15, -0.1) is 0 Å². The molecule has 0 atom stereocenters. The second kappa shape index (κ2) is 4.64. The van der Waals surface area contributed by atoms with Crippen LogP contribution < -0.4 is 0 Å². The Morgan fingerprint density at radius 2 is 1.92 bits per heavy atom. The van der Waals surface area contributed by atoms with Crippen molar-refractivity contribution in [3.63, 3.8) is 0 Å². The number of rotatable bonds is 0. The zero-order chi connectivity index (χ0) is 8.55. The summed E-state index contributed by atoms with van der Waals surface area (Å²) in [6, 6.07) is 9.28. The molecule has 1 aromatic heterocycles. The van der Waals surface area contributed by atoms with E-state index in [9.17, 15) is 5.11 Å². The predicted molar refractivity (Wildman–Crippen MR) is 53.9 cm³/mol. The van der Waals surface area contributed by atoms with Crippen molar-refractivity contribution < 1.29 is 5.11 Å². The molecular formula is C10H9NORb. The molecule has 0 bridgehead atoms. The van der Waals surface area contributed by atoms with Gasteiger partial charge in [-0.1, -0.05) is 18.2 Å². The van der Waals surface area contributed by atoms with Crippen molar-refractivity contribution in [3.8, 4) is 5.75 Å². The molecule has 61 valence electrons. The first-order valence-electron chi connectivity index (χ1n) is 3.83. The zero-order valence-electron chi connectivity index (χ0n) is 7.78. The fraction of sp³-hybridized carbons (Fsp3) is 0.100. The molecule has 0 spiro atoms. The van der Waals surface area contributed by atoms with Crippen LogP contribution in [0.15, 0.2) is 30.3 Å². The first kappa shape index (κ1) is 11.3. The topological polar surface area (TPSA) is 33.1 Å². The minimum atomic E-state index is 0. The third kappa shape index (κ3) is 2.37. The van der Waals surface area contributed by atoms with E-state index >= 15 is 0 Å². The first-order valence-corrected chi connectivity index (χ1v) is 3.83.